The Morgan fingerprint density at radius 2 is 1.00 bits per heavy atom. The van der Waals surface area contributed by atoms with Crippen molar-refractivity contribution in [2.45, 2.75) is 20.8 Å². The number of aryl methyl sites for hydroxylation is 3. The molecule has 0 spiro atoms. The van der Waals surface area contributed by atoms with Crippen LogP contribution in [0.15, 0.2) is 97.1 Å². The summed E-state index contributed by atoms with van der Waals surface area (Å²) in [6.07, 6.45) is 0. The second-order valence-electron chi connectivity index (χ2n) is 7.80. The van der Waals surface area contributed by atoms with Crippen LogP contribution in [0.25, 0.3) is 0 Å². The number of non-ortho nitro benzene ring substituents is 2. The molecule has 0 bridgehead atoms. The number of phenols is 1. The Bertz CT molecular complexity index is 1230. The van der Waals surface area contributed by atoms with Gasteiger partial charge < -0.3 is 11.3 Å². The lowest BCUT2D eigenvalue weighted by atomic mass is 10.2. The molecule has 0 heterocycles. The van der Waals surface area contributed by atoms with E-state index in [0.29, 0.717) is 0 Å². The van der Waals surface area contributed by atoms with Crippen molar-refractivity contribution in [1.82, 2.24) is 6.15 Å². The molecule has 0 unspecified atom stereocenters. The Morgan fingerprint density at radius 3 is 1.26 bits per heavy atom. The van der Waals surface area contributed by atoms with Crippen LogP contribution in [0.2, 0.25) is 0 Å². The van der Waals surface area contributed by atoms with Crippen LogP contribution in [0.5, 0.6) is 5.75 Å². The number of hydrogen-bond donors (Lipinski definition) is 4. The van der Waals surface area contributed by atoms with E-state index in [1.165, 1.54) is 35.4 Å². The molecule has 0 saturated carbocycles. The quantitative estimate of drug-likeness (QED) is 0.106. The topological polar surface area (TPSA) is 166 Å². The van der Waals surface area contributed by atoms with Gasteiger partial charge in [-0.3, -0.25) is 29.9 Å². The number of benzene rings is 4. The molecule has 0 saturated heterocycles. The molecule has 210 valence electrons. The van der Waals surface area contributed by atoms with Gasteiger partial charge in [-0.15, -0.1) is 0 Å². The highest BCUT2D eigenvalue weighted by Crippen LogP contribution is 2.17. The van der Waals surface area contributed by atoms with Gasteiger partial charge in [-0.1, -0.05) is 42.5 Å². The van der Waals surface area contributed by atoms with Crippen LogP contribution in [0.1, 0.15) is 18.1 Å². The van der Waals surface area contributed by atoms with E-state index in [-0.39, 0.29) is 24.7 Å². The zero-order valence-corrected chi connectivity index (χ0v) is 23.2. The Kier molecular flexibility index (Phi) is 16.7. The first-order chi connectivity index (χ1) is 18.0. The second kappa shape index (κ2) is 18.8. The molecule has 39 heavy (non-hydrogen) atoms. The largest absolute Gasteiger partial charge is 0.508 e. The van der Waals surface area contributed by atoms with Gasteiger partial charge >= 0.3 is 0 Å². The third-order valence-corrected chi connectivity index (χ3v) is 4.94. The van der Waals surface area contributed by atoms with Crippen LogP contribution in [-0.2, 0) is 0 Å². The molecule has 6 N–H and O–H groups in total. The molecule has 0 aliphatic carbocycles. The number of halogens is 2. The maximum atomic E-state index is 10.2. The number of anilines is 2. The molecule has 4 aromatic rings. The van der Waals surface area contributed by atoms with Crippen molar-refractivity contribution in [3.8, 4) is 5.75 Å². The van der Waals surface area contributed by atoms with E-state index in [9.17, 15) is 20.2 Å². The standard InChI is InChI=1S/2C7H8ClN.C7H7NO2.C6H5NO3.H3N.H2/c2*1-6-3-2-4-7(5-6)9-8;1-6-3-2-4-7(5-6)8(9)10;8-6-3-1-2-5(4-6)7(9)10;;/h2*2-5,9H,1H3;2-5H,1H3;1-4,8H;1H3;1H. The van der Waals surface area contributed by atoms with Gasteiger partial charge in [0.15, 0.2) is 0 Å². The van der Waals surface area contributed by atoms with Gasteiger partial charge in [0.05, 0.1) is 15.9 Å². The minimum Gasteiger partial charge on any atom is -0.508 e. The van der Waals surface area contributed by atoms with Crippen LogP contribution in [-0.4, -0.2) is 15.0 Å². The second-order valence-corrected chi connectivity index (χ2v) is 8.18. The van der Waals surface area contributed by atoms with Gasteiger partial charge in [-0.05, 0) is 67.8 Å². The molecule has 10 nitrogen and oxygen atoms in total. The highest BCUT2D eigenvalue weighted by molar-refractivity contribution is 6.24. The summed E-state index contributed by atoms with van der Waals surface area (Å²) in [5.74, 6) is -0.0887. The lowest BCUT2D eigenvalue weighted by molar-refractivity contribution is -0.385. The van der Waals surface area contributed by atoms with Crippen LogP contribution >= 0.6 is 23.6 Å². The summed E-state index contributed by atoms with van der Waals surface area (Å²) in [7, 11) is 0. The molecule has 0 atom stereocenters. The van der Waals surface area contributed by atoms with Crippen LogP contribution in [0.4, 0.5) is 22.7 Å². The van der Waals surface area contributed by atoms with Crippen molar-refractivity contribution in [3.63, 3.8) is 0 Å². The van der Waals surface area contributed by atoms with Crippen molar-refractivity contribution in [2.75, 3.05) is 9.67 Å². The smallest absolute Gasteiger partial charge is 0.273 e. The van der Waals surface area contributed by atoms with Gasteiger partial charge in [-0.25, -0.2) is 0 Å². The fourth-order valence-electron chi connectivity index (χ4n) is 2.76. The summed E-state index contributed by atoms with van der Waals surface area (Å²) in [6, 6.07) is 27.5. The van der Waals surface area contributed by atoms with Gasteiger partial charge in [0.1, 0.15) is 5.75 Å². The Hall–Kier alpha value is -4.38. The van der Waals surface area contributed by atoms with Gasteiger partial charge in [-0.2, -0.15) is 0 Å². The number of nitrogens with zero attached hydrogens (tertiary/aromatic N) is 2. The van der Waals surface area contributed by atoms with Crippen molar-refractivity contribution in [3.05, 3.63) is 134 Å². The highest BCUT2D eigenvalue weighted by atomic mass is 35.5. The van der Waals surface area contributed by atoms with E-state index in [2.05, 4.69) is 9.67 Å². The monoisotopic (exact) mass is 577 g/mol. The molecule has 4 rings (SSSR count). The lowest BCUT2D eigenvalue weighted by Crippen LogP contribution is -1.86. The molecule has 0 aliphatic heterocycles. The fraction of sp³-hybridized carbons (Fsp3) is 0.111. The molecule has 0 aromatic heterocycles. The van der Waals surface area contributed by atoms with Crippen molar-refractivity contribution >= 4 is 46.3 Å². The molecular weight excluding hydrogens is 545 g/mol. The molecule has 0 radical (unpaired) electrons. The van der Waals surface area contributed by atoms with E-state index in [1.807, 2.05) is 75.4 Å². The number of nitro groups is 2. The van der Waals surface area contributed by atoms with Crippen molar-refractivity contribution in [1.29, 1.82) is 0 Å². The summed E-state index contributed by atoms with van der Waals surface area (Å²) in [5.41, 5.74) is 5.27. The minimum absolute atomic E-state index is 0. The van der Waals surface area contributed by atoms with Crippen LogP contribution in [0, 0.1) is 41.0 Å². The zero-order chi connectivity index (χ0) is 28.5. The average molecular weight is 578 g/mol. The van der Waals surface area contributed by atoms with E-state index >= 15 is 0 Å². The van der Waals surface area contributed by atoms with Crippen molar-refractivity contribution < 1.29 is 16.4 Å². The number of nitro benzene ring substituents is 2. The average Bonchev–Trinajstić information content (AvgIpc) is 2.90. The number of aromatic hydroxyl groups is 1. The number of rotatable bonds is 4. The van der Waals surface area contributed by atoms with E-state index < -0.39 is 9.85 Å². The predicted octanol–water partition coefficient (Wildman–Crippen LogP) is 8.73. The summed E-state index contributed by atoms with van der Waals surface area (Å²) in [5, 5.41) is 29.0. The number of nitrogens with one attached hydrogen (secondary N) is 2. The fourth-order valence-corrected chi connectivity index (χ4v) is 2.99. The summed E-state index contributed by atoms with van der Waals surface area (Å²) in [4.78, 5) is 24.3. The SMILES string of the molecule is Cc1cccc(NCl)c1.Cc1cccc(NCl)c1.Cc1cccc([N+](=O)[O-])c1.N.O=[N+]([O-])c1cccc(O)c1.[HH]. The third-order valence-electron chi connectivity index (χ3n) is 4.51. The minimum atomic E-state index is -0.556. The lowest BCUT2D eigenvalue weighted by Gasteiger charge is -1.96. The highest BCUT2D eigenvalue weighted by Gasteiger charge is 2.03. The van der Waals surface area contributed by atoms with E-state index in [0.717, 1.165) is 23.0 Å². The summed E-state index contributed by atoms with van der Waals surface area (Å²) < 4.78 is 0. The number of hydrogen-bond acceptors (Lipinski definition) is 8. The van der Waals surface area contributed by atoms with Crippen LogP contribution < -0.4 is 15.8 Å². The molecule has 0 amide bonds. The summed E-state index contributed by atoms with van der Waals surface area (Å²) >= 11 is 10.7. The predicted molar refractivity (Wildman–Crippen MR) is 161 cm³/mol. The first-order valence-corrected chi connectivity index (χ1v) is 11.8. The van der Waals surface area contributed by atoms with E-state index in [4.69, 9.17) is 28.7 Å². The molecule has 0 aliphatic rings. The van der Waals surface area contributed by atoms with E-state index in [1.54, 1.807) is 12.1 Å². The Balaban J connectivity index is 0. The van der Waals surface area contributed by atoms with Gasteiger partial charge in [0.2, 0.25) is 0 Å². The Morgan fingerprint density at radius 1 is 0.641 bits per heavy atom. The molecule has 4 aromatic carbocycles. The third kappa shape index (κ3) is 14.8. The van der Waals surface area contributed by atoms with Gasteiger partial charge in [0, 0.05) is 54.6 Å². The Labute approximate surface area is 238 Å². The number of phenolic OH excluding ortho intramolecular Hbond substituents is 1. The molecule has 0 fully saturated rings. The molecular formula is C27H33Cl2N5O5. The normalized spacial score (nSPS) is 8.95. The van der Waals surface area contributed by atoms with Crippen molar-refractivity contribution in [2.24, 2.45) is 0 Å². The maximum absolute atomic E-state index is 10.2. The summed E-state index contributed by atoms with van der Waals surface area (Å²) in [6.45, 7) is 5.88. The molecule has 12 heteroatoms. The first-order valence-electron chi connectivity index (χ1n) is 11.1. The zero-order valence-electron chi connectivity index (χ0n) is 21.7. The van der Waals surface area contributed by atoms with Gasteiger partial charge in [0.25, 0.3) is 11.4 Å². The maximum Gasteiger partial charge on any atom is 0.273 e. The first kappa shape index (κ1) is 34.6. The van der Waals surface area contributed by atoms with Crippen LogP contribution in [0.3, 0.4) is 0 Å².